The Kier molecular flexibility index (Phi) is 3.48. The summed E-state index contributed by atoms with van der Waals surface area (Å²) >= 11 is 5.85. The number of rotatable bonds is 1. The maximum Gasteiger partial charge on any atom is 0.130 e. The lowest BCUT2D eigenvalue weighted by molar-refractivity contribution is 0.695. The number of hydrogen-bond acceptors (Lipinski definition) is 3. The first-order chi connectivity index (χ1) is 6.17. The standard InChI is InChI=1S/C9H14ClN3/c1-3-7-4-6(2)12-9(10)5-8(7)13-11/h5,7H,3-4,11H2,1-2H3/b13-8+. The molecule has 1 atom stereocenters. The lowest BCUT2D eigenvalue weighted by Crippen LogP contribution is -2.15. The number of hydrazone groups is 1. The van der Waals surface area contributed by atoms with Crippen molar-refractivity contribution >= 4 is 23.0 Å². The smallest absolute Gasteiger partial charge is 0.130 e. The number of nitrogens with zero attached hydrogens (tertiary/aromatic N) is 2. The molecule has 0 amide bonds. The highest BCUT2D eigenvalue weighted by Gasteiger charge is 2.17. The first-order valence-corrected chi connectivity index (χ1v) is 4.74. The summed E-state index contributed by atoms with van der Waals surface area (Å²) < 4.78 is 0. The van der Waals surface area contributed by atoms with Crippen LogP contribution in [0.3, 0.4) is 0 Å². The molecular formula is C9H14ClN3. The SMILES string of the molecule is CCC1CC(C)=NC(Cl)=C/C1=N\N. The molecule has 0 saturated carbocycles. The van der Waals surface area contributed by atoms with Crippen molar-refractivity contribution in [3.63, 3.8) is 0 Å². The number of allylic oxidation sites excluding steroid dienone is 1. The molecule has 2 N–H and O–H groups in total. The van der Waals surface area contributed by atoms with Crippen molar-refractivity contribution in [2.75, 3.05) is 0 Å². The van der Waals surface area contributed by atoms with E-state index in [2.05, 4.69) is 17.0 Å². The van der Waals surface area contributed by atoms with E-state index < -0.39 is 0 Å². The Hall–Kier alpha value is -0.830. The maximum absolute atomic E-state index is 5.85. The Bertz CT molecular complexity index is 279. The molecule has 0 aromatic carbocycles. The predicted octanol–water partition coefficient (Wildman–Crippen LogP) is 2.27. The molecule has 1 unspecified atom stereocenters. The van der Waals surface area contributed by atoms with Gasteiger partial charge in [-0.15, -0.1) is 0 Å². The molecule has 1 aliphatic heterocycles. The highest BCUT2D eigenvalue weighted by atomic mass is 35.5. The van der Waals surface area contributed by atoms with Gasteiger partial charge in [0.05, 0.1) is 5.71 Å². The number of halogens is 1. The van der Waals surface area contributed by atoms with Crippen LogP contribution in [0.25, 0.3) is 0 Å². The summed E-state index contributed by atoms with van der Waals surface area (Å²) in [5, 5.41) is 4.20. The normalized spacial score (nSPS) is 26.7. The van der Waals surface area contributed by atoms with E-state index in [0.29, 0.717) is 11.1 Å². The third kappa shape index (κ3) is 2.56. The zero-order chi connectivity index (χ0) is 9.84. The molecule has 0 spiro atoms. The third-order valence-corrected chi connectivity index (χ3v) is 2.36. The molecule has 13 heavy (non-hydrogen) atoms. The lowest BCUT2D eigenvalue weighted by atomic mass is 9.95. The van der Waals surface area contributed by atoms with Crippen molar-refractivity contribution in [2.45, 2.75) is 26.7 Å². The van der Waals surface area contributed by atoms with Gasteiger partial charge in [-0.1, -0.05) is 18.5 Å². The van der Waals surface area contributed by atoms with Crippen LogP contribution in [0.1, 0.15) is 26.7 Å². The van der Waals surface area contributed by atoms with E-state index >= 15 is 0 Å². The van der Waals surface area contributed by atoms with Crippen LogP contribution in [-0.4, -0.2) is 11.4 Å². The molecular weight excluding hydrogens is 186 g/mol. The minimum atomic E-state index is 0.352. The lowest BCUT2D eigenvalue weighted by Gasteiger charge is -2.11. The summed E-state index contributed by atoms with van der Waals surface area (Å²) in [7, 11) is 0. The van der Waals surface area contributed by atoms with Gasteiger partial charge in [-0.2, -0.15) is 5.10 Å². The molecule has 0 aromatic rings. The van der Waals surface area contributed by atoms with Crippen LogP contribution in [0.15, 0.2) is 21.3 Å². The number of aliphatic imine (C=N–C) groups is 1. The van der Waals surface area contributed by atoms with Crippen LogP contribution in [0.2, 0.25) is 0 Å². The van der Waals surface area contributed by atoms with E-state index in [4.69, 9.17) is 17.4 Å². The van der Waals surface area contributed by atoms with Crippen LogP contribution < -0.4 is 5.84 Å². The van der Waals surface area contributed by atoms with Crippen LogP contribution in [0, 0.1) is 5.92 Å². The highest BCUT2D eigenvalue weighted by molar-refractivity contribution is 6.32. The van der Waals surface area contributed by atoms with Crippen molar-refractivity contribution in [1.82, 2.24) is 0 Å². The number of hydrogen-bond donors (Lipinski definition) is 1. The fraction of sp³-hybridized carbons (Fsp3) is 0.556. The van der Waals surface area contributed by atoms with Gasteiger partial charge in [0.15, 0.2) is 0 Å². The molecule has 0 aromatic heterocycles. The minimum absolute atomic E-state index is 0.352. The Morgan fingerprint density at radius 2 is 2.46 bits per heavy atom. The fourth-order valence-corrected chi connectivity index (χ4v) is 1.71. The van der Waals surface area contributed by atoms with Gasteiger partial charge in [0.1, 0.15) is 5.16 Å². The second kappa shape index (κ2) is 4.42. The summed E-state index contributed by atoms with van der Waals surface area (Å²) in [6, 6.07) is 0. The minimum Gasteiger partial charge on any atom is -0.323 e. The van der Waals surface area contributed by atoms with Gasteiger partial charge < -0.3 is 5.84 Å². The quantitative estimate of drug-likeness (QED) is 0.393. The zero-order valence-electron chi connectivity index (χ0n) is 7.92. The van der Waals surface area contributed by atoms with Gasteiger partial charge in [-0.3, -0.25) is 0 Å². The van der Waals surface area contributed by atoms with Gasteiger partial charge in [-0.05, 0) is 25.8 Å². The topological polar surface area (TPSA) is 50.7 Å². The van der Waals surface area contributed by atoms with Gasteiger partial charge in [0, 0.05) is 11.6 Å². The summed E-state index contributed by atoms with van der Waals surface area (Å²) in [6.45, 7) is 4.08. The summed E-state index contributed by atoms with van der Waals surface area (Å²) in [6.07, 6.45) is 3.63. The van der Waals surface area contributed by atoms with E-state index in [1.165, 1.54) is 0 Å². The average molecular weight is 200 g/mol. The van der Waals surface area contributed by atoms with E-state index in [9.17, 15) is 0 Å². The van der Waals surface area contributed by atoms with Crippen LogP contribution in [0.5, 0.6) is 0 Å². The van der Waals surface area contributed by atoms with Crippen LogP contribution in [-0.2, 0) is 0 Å². The summed E-state index contributed by atoms with van der Waals surface area (Å²) in [5.41, 5.74) is 1.87. The van der Waals surface area contributed by atoms with Crippen molar-refractivity contribution in [3.05, 3.63) is 11.2 Å². The van der Waals surface area contributed by atoms with E-state index in [1.807, 2.05) is 6.92 Å². The molecule has 0 bridgehead atoms. The summed E-state index contributed by atoms with van der Waals surface area (Å²) in [4.78, 5) is 4.18. The first-order valence-electron chi connectivity index (χ1n) is 4.36. The van der Waals surface area contributed by atoms with E-state index in [1.54, 1.807) is 6.08 Å². The Morgan fingerprint density at radius 3 is 3.00 bits per heavy atom. The molecule has 0 radical (unpaired) electrons. The molecule has 1 aliphatic rings. The largest absolute Gasteiger partial charge is 0.323 e. The van der Waals surface area contributed by atoms with Gasteiger partial charge in [0.2, 0.25) is 0 Å². The zero-order valence-corrected chi connectivity index (χ0v) is 8.67. The van der Waals surface area contributed by atoms with Crippen LogP contribution in [0.4, 0.5) is 0 Å². The van der Waals surface area contributed by atoms with Gasteiger partial charge in [0.25, 0.3) is 0 Å². The molecule has 0 aliphatic carbocycles. The predicted molar refractivity (Wildman–Crippen MR) is 57.1 cm³/mol. The fourth-order valence-electron chi connectivity index (χ4n) is 1.46. The maximum atomic E-state index is 5.85. The average Bonchev–Trinajstić information content (AvgIpc) is 2.23. The van der Waals surface area contributed by atoms with E-state index in [-0.39, 0.29) is 0 Å². The molecule has 1 rings (SSSR count). The molecule has 4 heteroatoms. The van der Waals surface area contributed by atoms with Crippen molar-refractivity contribution < 1.29 is 0 Å². The molecule has 1 heterocycles. The third-order valence-electron chi connectivity index (χ3n) is 2.17. The second-order valence-electron chi connectivity index (χ2n) is 3.18. The van der Waals surface area contributed by atoms with Gasteiger partial charge >= 0.3 is 0 Å². The first kappa shape index (κ1) is 10.3. The Labute approximate surface area is 83.4 Å². The summed E-state index contributed by atoms with van der Waals surface area (Å²) in [5.74, 6) is 5.63. The van der Waals surface area contributed by atoms with E-state index in [0.717, 1.165) is 24.3 Å². The molecule has 0 fully saturated rings. The molecule has 0 saturated heterocycles. The van der Waals surface area contributed by atoms with Crippen molar-refractivity contribution in [2.24, 2.45) is 21.9 Å². The second-order valence-corrected chi connectivity index (χ2v) is 3.56. The number of nitrogens with two attached hydrogens (primary N) is 1. The molecule has 72 valence electrons. The highest BCUT2D eigenvalue weighted by Crippen LogP contribution is 2.20. The monoisotopic (exact) mass is 199 g/mol. The van der Waals surface area contributed by atoms with Crippen molar-refractivity contribution in [3.8, 4) is 0 Å². The molecule has 3 nitrogen and oxygen atoms in total. The Morgan fingerprint density at radius 1 is 1.77 bits per heavy atom. The van der Waals surface area contributed by atoms with Crippen molar-refractivity contribution in [1.29, 1.82) is 0 Å². The Balaban J connectivity index is 2.96. The van der Waals surface area contributed by atoms with Gasteiger partial charge in [-0.25, -0.2) is 4.99 Å². The van der Waals surface area contributed by atoms with Crippen LogP contribution >= 0.6 is 11.6 Å².